The minimum Gasteiger partial charge on any atom is -0.398 e. The van der Waals surface area contributed by atoms with Crippen LogP contribution in [0.15, 0.2) is 4.99 Å². The molecule has 4 heteroatoms. The van der Waals surface area contributed by atoms with Gasteiger partial charge in [0.15, 0.2) is 0 Å². The van der Waals surface area contributed by atoms with Crippen molar-refractivity contribution in [3.63, 3.8) is 0 Å². The molecule has 17 heavy (non-hydrogen) atoms. The Morgan fingerprint density at radius 2 is 1.76 bits per heavy atom. The lowest BCUT2D eigenvalue weighted by atomic mass is 9.98. The van der Waals surface area contributed by atoms with Crippen LogP contribution < -0.4 is 0 Å². The molecule has 0 atom stereocenters. The topological polar surface area (TPSA) is 30.8 Å². The van der Waals surface area contributed by atoms with E-state index >= 15 is 0 Å². The first kappa shape index (κ1) is 14.9. The monoisotopic (exact) mass is 257 g/mol. The molecule has 0 N–H and O–H groups in total. The van der Waals surface area contributed by atoms with Gasteiger partial charge in [0, 0.05) is 26.5 Å². The van der Waals surface area contributed by atoms with E-state index in [1.54, 1.807) is 14.2 Å². The Morgan fingerprint density at radius 1 is 1.12 bits per heavy atom. The van der Waals surface area contributed by atoms with Crippen LogP contribution in [-0.4, -0.2) is 35.0 Å². The van der Waals surface area contributed by atoms with Gasteiger partial charge in [0.05, 0.1) is 0 Å². The Hall–Kier alpha value is -0.193. The fraction of sp³-hybridized carbons (Fsp3) is 0.923. The van der Waals surface area contributed by atoms with Gasteiger partial charge in [-0.2, -0.15) is 0 Å². The van der Waals surface area contributed by atoms with E-state index in [1.165, 1.54) is 37.8 Å². The molecule has 0 aliphatic heterocycles. The van der Waals surface area contributed by atoms with Gasteiger partial charge in [0.25, 0.3) is 0 Å². The zero-order valence-corrected chi connectivity index (χ0v) is 12.6. The minimum absolute atomic E-state index is 0.955. The summed E-state index contributed by atoms with van der Waals surface area (Å²) in [5, 5.41) is 0. The van der Waals surface area contributed by atoms with Crippen LogP contribution in [0, 0.1) is 0 Å². The molecule has 100 valence electrons. The molecular weight excluding hydrogens is 230 g/mol. The molecule has 1 aliphatic rings. The van der Waals surface area contributed by atoms with E-state index < -0.39 is 8.56 Å². The standard InChI is InChI=1S/C13H27NO2Si/c1-4-17(15-2,16-3)12-8-11-14-13-9-6-5-7-10-13/h4-12H2,1-3H3. The van der Waals surface area contributed by atoms with Crippen molar-refractivity contribution >= 4 is 14.3 Å². The number of nitrogens with zero attached hydrogens (tertiary/aromatic N) is 1. The maximum Gasteiger partial charge on any atom is 0.337 e. The molecule has 3 nitrogen and oxygen atoms in total. The van der Waals surface area contributed by atoms with Gasteiger partial charge in [-0.05, 0) is 44.2 Å². The predicted molar refractivity (Wildman–Crippen MR) is 75.1 cm³/mol. The molecule has 1 aliphatic carbocycles. The third-order valence-electron chi connectivity index (χ3n) is 3.76. The van der Waals surface area contributed by atoms with E-state index in [1.807, 2.05) is 0 Å². The molecule has 0 unspecified atom stereocenters. The van der Waals surface area contributed by atoms with Gasteiger partial charge >= 0.3 is 8.56 Å². The highest BCUT2D eigenvalue weighted by atomic mass is 28.4. The van der Waals surface area contributed by atoms with Gasteiger partial charge in [0.2, 0.25) is 0 Å². The number of rotatable bonds is 7. The van der Waals surface area contributed by atoms with Crippen LogP contribution in [0.1, 0.15) is 45.4 Å². The molecule has 0 aromatic rings. The highest BCUT2D eigenvalue weighted by molar-refractivity contribution is 6.67. The fourth-order valence-electron chi connectivity index (χ4n) is 2.46. The summed E-state index contributed by atoms with van der Waals surface area (Å²) in [6, 6.07) is 2.09. The van der Waals surface area contributed by atoms with E-state index in [2.05, 4.69) is 6.92 Å². The molecule has 0 aromatic carbocycles. The average molecular weight is 257 g/mol. The molecule has 0 heterocycles. The second-order valence-electron chi connectivity index (χ2n) is 4.78. The highest BCUT2D eigenvalue weighted by Crippen LogP contribution is 2.19. The summed E-state index contributed by atoms with van der Waals surface area (Å²) >= 11 is 0. The first-order chi connectivity index (χ1) is 8.26. The Morgan fingerprint density at radius 3 is 2.29 bits per heavy atom. The summed E-state index contributed by atoms with van der Waals surface area (Å²) < 4.78 is 11.2. The molecule has 0 radical (unpaired) electrons. The molecule has 0 aromatic heterocycles. The third-order valence-corrected chi connectivity index (χ3v) is 7.45. The van der Waals surface area contributed by atoms with Crippen molar-refractivity contribution in [3.8, 4) is 0 Å². The smallest absolute Gasteiger partial charge is 0.337 e. The summed E-state index contributed by atoms with van der Waals surface area (Å²) in [4.78, 5) is 4.72. The van der Waals surface area contributed by atoms with Gasteiger partial charge in [-0.25, -0.2) is 0 Å². The van der Waals surface area contributed by atoms with Crippen molar-refractivity contribution in [1.82, 2.24) is 0 Å². The third kappa shape index (κ3) is 4.90. The largest absolute Gasteiger partial charge is 0.398 e. The summed E-state index contributed by atoms with van der Waals surface area (Å²) in [7, 11) is 1.69. The molecule has 0 amide bonds. The van der Waals surface area contributed by atoms with E-state index in [0.29, 0.717) is 0 Å². The molecule has 1 fully saturated rings. The maximum atomic E-state index is 5.60. The zero-order chi connectivity index (χ0) is 12.6. The van der Waals surface area contributed by atoms with Gasteiger partial charge < -0.3 is 8.85 Å². The fourth-order valence-corrected chi connectivity index (χ4v) is 4.66. The van der Waals surface area contributed by atoms with Crippen LogP contribution in [0.2, 0.25) is 12.1 Å². The van der Waals surface area contributed by atoms with E-state index in [4.69, 9.17) is 13.8 Å². The van der Waals surface area contributed by atoms with Crippen molar-refractivity contribution < 1.29 is 8.85 Å². The molecule has 0 bridgehead atoms. The van der Waals surface area contributed by atoms with Crippen LogP contribution in [0.5, 0.6) is 0 Å². The molecular formula is C13H27NO2Si. The van der Waals surface area contributed by atoms with E-state index in [0.717, 1.165) is 25.1 Å². The van der Waals surface area contributed by atoms with Crippen molar-refractivity contribution in [2.75, 3.05) is 20.8 Å². The summed E-state index contributed by atoms with van der Waals surface area (Å²) in [5.74, 6) is 0. The highest BCUT2D eigenvalue weighted by Gasteiger charge is 2.32. The predicted octanol–water partition coefficient (Wildman–Crippen LogP) is 3.54. The molecule has 1 rings (SSSR count). The van der Waals surface area contributed by atoms with Crippen LogP contribution >= 0.6 is 0 Å². The minimum atomic E-state index is -1.87. The molecule has 0 saturated heterocycles. The van der Waals surface area contributed by atoms with Gasteiger partial charge in [0.1, 0.15) is 0 Å². The quantitative estimate of drug-likeness (QED) is 0.516. The lowest BCUT2D eigenvalue weighted by molar-refractivity contribution is 0.242. The SMILES string of the molecule is CC[Si](CCCN=C1CCCCC1)(OC)OC. The maximum absolute atomic E-state index is 5.60. The van der Waals surface area contributed by atoms with Crippen molar-refractivity contribution in [2.24, 2.45) is 4.99 Å². The van der Waals surface area contributed by atoms with E-state index in [9.17, 15) is 0 Å². The van der Waals surface area contributed by atoms with Gasteiger partial charge in [-0.3, -0.25) is 4.99 Å². The summed E-state index contributed by atoms with van der Waals surface area (Å²) in [5.41, 5.74) is 1.44. The first-order valence-electron chi connectivity index (χ1n) is 6.89. The lowest BCUT2D eigenvalue weighted by Gasteiger charge is -2.25. The normalized spacial score (nSPS) is 17.2. The Balaban J connectivity index is 2.26. The number of aliphatic imine (C=N–C) groups is 1. The first-order valence-corrected chi connectivity index (χ1v) is 9.12. The number of hydrogen-bond donors (Lipinski definition) is 0. The van der Waals surface area contributed by atoms with Crippen molar-refractivity contribution in [1.29, 1.82) is 0 Å². The molecule has 0 spiro atoms. The van der Waals surface area contributed by atoms with Crippen LogP contribution in [0.25, 0.3) is 0 Å². The Labute approximate surface area is 107 Å². The van der Waals surface area contributed by atoms with Crippen LogP contribution in [-0.2, 0) is 8.85 Å². The van der Waals surface area contributed by atoms with E-state index in [-0.39, 0.29) is 0 Å². The molecule has 1 saturated carbocycles. The zero-order valence-electron chi connectivity index (χ0n) is 11.6. The van der Waals surface area contributed by atoms with Crippen molar-refractivity contribution in [3.05, 3.63) is 0 Å². The summed E-state index contributed by atoms with van der Waals surface area (Å²) in [6.45, 7) is 3.11. The van der Waals surface area contributed by atoms with Crippen LogP contribution in [0.4, 0.5) is 0 Å². The summed E-state index contributed by atoms with van der Waals surface area (Å²) in [6.07, 6.45) is 7.62. The number of hydrogen-bond acceptors (Lipinski definition) is 3. The lowest BCUT2D eigenvalue weighted by Crippen LogP contribution is -2.39. The average Bonchev–Trinajstić information content (AvgIpc) is 2.41. The Bertz CT molecular complexity index is 223. The second-order valence-corrected chi connectivity index (χ2v) is 8.63. The van der Waals surface area contributed by atoms with Crippen molar-refractivity contribution in [2.45, 2.75) is 57.5 Å². The van der Waals surface area contributed by atoms with Gasteiger partial charge in [-0.1, -0.05) is 13.3 Å². The Kier molecular flexibility index (Phi) is 7.00. The second kappa shape index (κ2) is 8.00. The van der Waals surface area contributed by atoms with Crippen LogP contribution in [0.3, 0.4) is 0 Å². The van der Waals surface area contributed by atoms with Gasteiger partial charge in [-0.15, -0.1) is 0 Å².